The number of aryl methyl sites for hydroxylation is 1. The number of hydrogen-bond acceptors (Lipinski definition) is 3. The summed E-state index contributed by atoms with van der Waals surface area (Å²) in [6.07, 6.45) is -3.11. The SMILES string of the molecule is CCOC(=O)c1cnc(Cl)c(Cc2cc3c(C)cc(C(F)(F)F)cc3n2-c2ccccc2)c1Cl. The lowest BCUT2D eigenvalue weighted by molar-refractivity contribution is -0.137. The van der Waals surface area contributed by atoms with Gasteiger partial charge in [-0.3, -0.25) is 0 Å². The number of alkyl halides is 3. The standard InChI is InChI=1S/C25H19Cl2F3N2O2/c1-3-34-24(33)20-13-31-23(27)19(22(20)26)12-17-11-18-14(2)9-15(25(28,29)30)10-21(18)32(17)16-7-5-4-6-8-16/h4-11,13H,3,12H2,1-2H3. The van der Waals surface area contributed by atoms with Gasteiger partial charge >= 0.3 is 12.1 Å². The van der Waals surface area contributed by atoms with Gasteiger partial charge in [0, 0.05) is 34.9 Å². The Labute approximate surface area is 203 Å². The monoisotopic (exact) mass is 506 g/mol. The number of rotatable bonds is 5. The maximum absolute atomic E-state index is 13.6. The van der Waals surface area contributed by atoms with E-state index in [1.165, 1.54) is 6.20 Å². The van der Waals surface area contributed by atoms with Crippen LogP contribution >= 0.6 is 23.2 Å². The molecule has 0 radical (unpaired) electrons. The van der Waals surface area contributed by atoms with Gasteiger partial charge in [-0.2, -0.15) is 13.2 Å². The number of pyridine rings is 1. The molecule has 0 bridgehead atoms. The third kappa shape index (κ3) is 4.50. The molecular weight excluding hydrogens is 488 g/mol. The zero-order valence-electron chi connectivity index (χ0n) is 18.2. The fourth-order valence-electron chi connectivity index (χ4n) is 3.91. The molecular formula is C25H19Cl2F3N2O2. The van der Waals surface area contributed by atoms with E-state index in [1.54, 1.807) is 42.7 Å². The van der Waals surface area contributed by atoms with Crippen molar-refractivity contribution >= 4 is 40.1 Å². The smallest absolute Gasteiger partial charge is 0.416 e. The first kappa shape index (κ1) is 24.1. The highest BCUT2D eigenvalue weighted by Crippen LogP contribution is 2.37. The number of halogens is 5. The van der Waals surface area contributed by atoms with E-state index in [2.05, 4.69) is 4.98 Å². The van der Waals surface area contributed by atoms with Crippen molar-refractivity contribution in [3.05, 3.63) is 92.9 Å². The molecule has 4 nitrogen and oxygen atoms in total. The van der Waals surface area contributed by atoms with Crippen molar-refractivity contribution in [1.82, 2.24) is 9.55 Å². The van der Waals surface area contributed by atoms with Crippen LogP contribution in [0.25, 0.3) is 16.6 Å². The second-order valence-electron chi connectivity index (χ2n) is 7.68. The Morgan fingerprint density at radius 2 is 1.82 bits per heavy atom. The second kappa shape index (κ2) is 9.31. The number of carbonyl (C=O) groups is 1. The third-order valence-electron chi connectivity index (χ3n) is 5.46. The highest BCUT2D eigenvalue weighted by molar-refractivity contribution is 6.37. The molecule has 34 heavy (non-hydrogen) atoms. The number of fused-ring (bicyclic) bond motifs is 1. The molecule has 0 saturated carbocycles. The van der Waals surface area contributed by atoms with Gasteiger partial charge in [-0.15, -0.1) is 0 Å². The van der Waals surface area contributed by atoms with E-state index < -0.39 is 17.7 Å². The second-order valence-corrected chi connectivity index (χ2v) is 8.42. The number of aromatic nitrogens is 2. The van der Waals surface area contributed by atoms with Gasteiger partial charge in [-0.1, -0.05) is 41.4 Å². The van der Waals surface area contributed by atoms with Crippen LogP contribution in [0.3, 0.4) is 0 Å². The molecule has 0 aliphatic carbocycles. The summed E-state index contributed by atoms with van der Waals surface area (Å²) in [4.78, 5) is 16.4. The summed E-state index contributed by atoms with van der Waals surface area (Å²) in [5, 5.41) is 0.847. The van der Waals surface area contributed by atoms with Crippen molar-refractivity contribution in [3.8, 4) is 5.69 Å². The normalized spacial score (nSPS) is 11.7. The number of esters is 1. The van der Waals surface area contributed by atoms with Crippen molar-refractivity contribution in [2.45, 2.75) is 26.4 Å². The van der Waals surface area contributed by atoms with Crippen LogP contribution in [0.4, 0.5) is 13.2 Å². The van der Waals surface area contributed by atoms with Crippen molar-refractivity contribution in [2.75, 3.05) is 6.61 Å². The molecule has 0 aliphatic heterocycles. The van der Waals surface area contributed by atoms with E-state index in [9.17, 15) is 18.0 Å². The van der Waals surface area contributed by atoms with E-state index in [1.807, 2.05) is 12.1 Å². The minimum atomic E-state index is -4.49. The van der Waals surface area contributed by atoms with Gasteiger partial charge in [0.1, 0.15) is 5.15 Å². The molecule has 0 spiro atoms. The van der Waals surface area contributed by atoms with Crippen molar-refractivity contribution < 1.29 is 22.7 Å². The number of benzene rings is 2. The minimum Gasteiger partial charge on any atom is -0.462 e. The summed E-state index contributed by atoms with van der Waals surface area (Å²) >= 11 is 12.9. The predicted molar refractivity (Wildman–Crippen MR) is 126 cm³/mol. The van der Waals surface area contributed by atoms with Gasteiger partial charge < -0.3 is 9.30 Å². The average Bonchev–Trinajstić information content (AvgIpc) is 3.15. The Kier molecular flexibility index (Phi) is 6.60. The summed E-state index contributed by atoms with van der Waals surface area (Å²) in [7, 11) is 0. The maximum atomic E-state index is 13.6. The quantitative estimate of drug-likeness (QED) is 0.209. The van der Waals surface area contributed by atoms with E-state index in [4.69, 9.17) is 27.9 Å². The van der Waals surface area contributed by atoms with Gasteiger partial charge in [0.15, 0.2) is 0 Å². The van der Waals surface area contributed by atoms with Crippen LogP contribution in [0, 0.1) is 6.92 Å². The van der Waals surface area contributed by atoms with Crippen LogP contribution in [0.15, 0.2) is 54.7 Å². The molecule has 0 unspecified atom stereocenters. The summed E-state index contributed by atoms with van der Waals surface area (Å²) in [5.74, 6) is -0.632. The molecule has 0 saturated heterocycles. The zero-order chi connectivity index (χ0) is 24.6. The first-order valence-electron chi connectivity index (χ1n) is 10.4. The number of nitrogens with zero attached hydrogens (tertiary/aromatic N) is 2. The predicted octanol–water partition coefficient (Wildman–Crippen LogP) is 7.43. The van der Waals surface area contributed by atoms with Crippen molar-refractivity contribution in [2.24, 2.45) is 0 Å². The van der Waals surface area contributed by atoms with Gasteiger partial charge in [0.2, 0.25) is 0 Å². The van der Waals surface area contributed by atoms with Crippen LogP contribution in [0.5, 0.6) is 0 Å². The molecule has 176 valence electrons. The number of ether oxygens (including phenoxy) is 1. The third-order valence-corrected chi connectivity index (χ3v) is 6.21. The maximum Gasteiger partial charge on any atom is 0.416 e. The fraction of sp³-hybridized carbons (Fsp3) is 0.200. The van der Waals surface area contributed by atoms with Crippen LogP contribution < -0.4 is 0 Å². The molecule has 0 fully saturated rings. The average molecular weight is 507 g/mol. The highest BCUT2D eigenvalue weighted by Gasteiger charge is 2.32. The summed E-state index contributed by atoms with van der Waals surface area (Å²) in [5.41, 5.74) is 1.90. The fourth-order valence-corrected chi connectivity index (χ4v) is 4.45. The Bertz CT molecular complexity index is 1380. The minimum absolute atomic E-state index is 0.0702. The Morgan fingerprint density at radius 3 is 2.47 bits per heavy atom. The molecule has 2 aromatic heterocycles. The molecule has 0 aliphatic rings. The molecule has 2 heterocycles. The lowest BCUT2D eigenvalue weighted by atomic mass is 10.1. The molecule has 0 atom stereocenters. The molecule has 0 N–H and O–H groups in total. The van der Waals surface area contributed by atoms with Crippen molar-refractivity contribution in [3.63, 3.8) is 0 Å². The molecule has 0 amide bonds. The lowest BCUT2D eigenvalue weighted by Gasteiger charge is -2.15. The van der Waals surface area contributed by atoms with Gasteiger partial charge in [0.25, 0.3) is 0 Å². The van der Waals surface area contributed by atoms with Crippen molar-refractivity contribution in [1.29, 1.82) is 0 Å². The van der Waals surface area contributed by atoms with E-state index in [-0.39, 0.29) is 28.8 Å². The topological polar surface area (TPSA) is 44.1 Å². The summed E-state index contributed by atoms with van der Waals surface area (Å²) in [6.45, 7) is 3.47. The van der Waals surface area contributed by atoms with Crippen LogP contribution in [0.2, 0.25) is 10.2 Å². The van der Waals surface area contributed by atoms with Crippen LogP contribution in [0.1, 0.15) is 39.7 Å². The number of carbonyl (C=O) groups excluding carboxylic acids is 1. The highest BCUT2D eigenvalue weighted by atomic mass is 35.5. The Hall–Kier alpha value is -3.03. The van der Waals surface area contributed by atoms with Crippen LogP contribution in [-0.4, -0.2) is 22.1 Å². The molecule has 4 rings (SSSR count). The molecule has 9 heteroatoms. The van der Waals surface area contributed by atoms with Gasteiger partial charge in [-0.25, -0.2) is 9.78 Å². The lowest BCUT2D eigenvalue weighted by Crippen LogP contribution is -2.09. The number of hydrogen-bond donors (Lipinski definition) is 0. The Balaban J connectivity index is 1.95. The van der Waals surface area contributed by atoms with E-state index in [0.29, 0.717) is 33.4 Å². The van der Waals surface area contributed by atoms with Crippen LogP contribution in [-0.2, 0) is 17.3 Å². The van der Waals surface area contributed by atoms with E-state index >= 15 is 0 Å². The number of para-hydroxylation sites is 1. The molecule has 4 aromatic rings. The first-order chi connectivity index (χ1) is 16.1. The Morgan fingerprint density at radius 1 is 1.12 bits per heavy atom. The summed E-state index contributed by atoms with van der Waals surface area (Å²) < 4.78 is 47.5. The van der Waals surface area contributed by atoms with E-state index in [0.717, 1.165) is 12.1 Å². The molecule has 2 aromatic carbocycles. The largest absolute Gasteiger partial charge is 0.462 e. The first-order valence-corrected chi connectivity index (χ1v) is 11.1. The summed E-state index contributed by atoms with van der Waals surface area (Å²) in [6, 6.07) is 13.1. The zero-order valence-corrected chi connectivity index (χ0v) is 19.7. The van der Waals surface area contributed by atoms with Gasteiger partial charge in [0.05, 0.1) is 28.3 Å². The van der Waals surface area contributed by atoms with Gasteiger partial charge in [-0.05, 0) is 49.7 Å².